The van der Waals surface area contributed by atoms with Gasteiger partial charge in [-0.1, -0.05) is 230 Å². The molecule has 1 saturated heterocycles. The van der Waals surface area contributed by atoms with Gasteiger partial charge in [0.05, 0.1) is 25.4 Å². The molecular weight excluding hydrogens is 883 g/mol. The molecule has 1 fully saturated rings. The van der Waals surface area contributed by atoms with Crippen molar-refractivity contribution in [2.45, 2.75) is 301 Å². The molecule has 0 aromatic heterocycles. The molecule has 1 aliphatic rings. The van der Waals surface area contributed by atoms with E-state index in [0.717, 1.165) is 77.0 Å². The van der Waals surface area contributed by atoms with E-state index in [1.54, 1.807) is 6.08 Å². The summed E-state index contributed by atoms with van der Waals surface area (Å²) in [4.78, 5) is 26.4. The van der Waals surface area contributed by atoms with Crippen molar-refractivity contribution in [2.24, 2.45) is 0 Å². The third kappa shape index (κ3) is 35.7. The molecule has 8 unspecified atom stereocenters. The number of allylic oxidation sites excluding steroid dienone is 7. The minimum absolute atomic E-state index is 0.123. The molecule has 1 amide bonds. The zero-order chi connectivity index (χ0) is 51.1. The van der Waals surface area contributed by atoms with Crippen LogP contribution in [0.15, 0.2) is 48.6 Å². The summed E-state index contributed by atoms with van der Waals surface area (Å²) in [6.07, 6.45) is 45.8. The Bertz CT molecular complexity index is 1320. The van der Waals surface area contributed by atoms with Gasteiger partial charge in [0.1, 0.15) is 24.4 Å². The second kappa shape index (κ2) is 47.6. The molecule has 11 heteroatoms. The van der Waals surface area contributed by atoms with Gasteiger partial charge >= 0.3 is 5.97 Å². The maximum absolute atomic E-state index is 13.4. The zero-order valence-corrected chi connectivity index (χ0v) is 44.9. The molecule has 408 valence electrons. The van der Waals surface area contributed by atoms with Crippen molar-refractivity contribution in [3.63, 3.8) is 0 Å². The van der Waals surface area contributed by atoms with Crippen LogP contribution in [0.3, 0.4) is 0 Å². The summed E-state index contributed by atoms with van der Waals surface area (Å²) in [6, 6.07) is -1.03. The molecule has 0 aromatic carbocycles. The van der Waals surface area contributed by atoms with Crippen LogP contribution in [0.4, 0.5) is 0 Å². The Balaban J connectivity index is 2.74. The Labute approximate surface area is 427 Å². The quantitative estimate of drug-likeness (QED) is 0.0196. The number of hydrogen-bond acceptors (Lipinski definition) is 10. The van der Waals surface area contributed by atoms with Crippen molar-refractivity contribution in [3.05, 3.63) is 48.6 Å². The second-order valence-electron chi connectivity index (χ2n) is 20.0. The third-order valence-corrected chi connectivity index (χ3v) is 13.5. The topological polar surface area (TPSA) is 175 Å². The van der Waals surface area contributed by atoms with E-state index in [-0.39, 0.29) is 19.4 Å². The molecule has 0 aromatic rings. The number of rotatable bonds is 48. The third-order valence-electron chi connectivity index (χ3n) is 13.5. The molecule has 6 N–H and O–H groups in total. The van der Waals surface area contributed by atoms with Crippen molar-refractivity contribution in [1.29, 1.82) is 0 Å². The number of carbonyl (C=O) groups excluding carboxylic acids is 2. The highest BCUT2D eigenvalue weighted by Gasteiger charge is 2.47. The first kappa shape index (κ1) is 65.6. The number of aliphatic hydroxyl groups is 5. The van der Waals surface area contributed by atoms with Crippen molar-refractivity contribution < 1.29 is 49.3 Å². The van der Waals surface area contributed by atoms with Gasteiger partial charge in [0.2, 0.25) is 5.91 Å². The number of esters is 1. The van der Waals surface area contributed by atoms with Gasteiger partial charge in [0.15, 0.2) is 12.4 Å². The first-order valence-electron chi connectivity index (χ1n) is 28.9. The maximum atomic E-state index is 13.4. The van der Waals surface area contributed by atoms with Gasteiger partial charge in [-0.05, 0) is 64.2 Å². The number of nitrogens with one attached hydrogen (secondary N) is 1. The van der Waals surface area contributed by atoms with Gasteiger partial charge in [0.25, 0.3) is 0 Å². The molecule has 0 saturated carbocycles. The number of carbonyl (C=O) groups is 2. The molecule has 0 spiro atoms. The Morgan fingerprint density at radius 1 is 0.557 bits per heavy atom. The van der Waals surface area contributed by atoms with Gasteiger partial charge in [-0.3, -0.25) is 9.59 Å². The number of ether oxygens (including phenoxy) is 3. The molecule has 1 rings (SSSR count). The monoisotopic (exact) mass is 990 g/mol. The lowest BCUT2D eigenvalue weighted by Gasteiger charge is -2.41. The van der Waals surface area contributed by atoms with Crippen LogP contribution >= 0.6 is 0 Å². The molecule has 8 atom stereocenters. The Morgan fingerprint density at radius 2 is 0.986 bits per heavy atom. The number of unbranched alkanes of at least 4 members (excludes halogenated alkanes) is 28. The highest BCUT2D eigenvalue weighted by molar-refractivity contribution is 5.80. The molecule has 0 bridgehead atoms. The smallest absolute Gasteiger partial charge is 0.306 e. The van der Waals surface area contributed by atoms with Crippen LogP contribution in [-0.4, -0.2) is 99.6 Å². The number of hydrogen-bond donors (Lipinski definition) is 6. The van der Waals surface area contributed by atoms with Crippen LogP contribution in [0.25, 0.3) is 0 Å². The first-order chi connectivity index (χ1) is 34.2. The van der Waals surface area contributed by atoms with Crippen molar-refractivity contribution in [2.75, 3.05) is 13.2 Å². The number of amides is 1. The molecule has 1 heterocycles. The van der Waals surface area contributed by atoms with Crippen LogP contribution in [0, 0.1) is 0 Å². The lowest BCUT2D eigenvalue weighted by atomic mass is 9.99. The molecule has 1 aliphatic heterocycles. The van der Waals surface area contributed by atoms with E-state index < -0.39 is 67.4 Å². The van der Waals surface area contributed by atoms with Crippen LogP contribution in [0.5, 0.6) is 0 Å². The summed E-state index contributed by atoms with van der Waals surface area (Å²) in [5.41, 5.74) is 0. The van der Waals surface area contributed by atoms with Crippen molar-refractivity contribution >= 4 is 11.9 Å². The van der Waals surface area contributed by atoms with Crippen molar-refractivity contribution in [3.8, 4) is 0 Å². The minimum Gasteiger partial charge on any atom is -0.454 e. The van der Waals surface area contributed by atoms with E-state index in [2.05, 4.69) is 62.5 Å². The van der Waals surface area contributed by atoms with E-state index in [4.69, 9.17) is 14.2 Å². The maximum Gasteiger partial charge on any atom is 0.306 e. The summed E-state index contributed by atoms with van der Waals surface area (Å²) in [5, 5.41) is 56.7. The molecule has 11 nitrogen and oxygen atoms in total. The van der Waals surface area contributed by atoms with Gasteiger partial charge in [-0.15, -0.1) is 0 Å². The normalized spacial score (nSPS) is 20.0. The Kier molecular flexibility index (Phi) is 44.6. The lowest BCUT2D eigenvalue weighted by molar-refractivity contribution is -0.305. The highest BCUT2D eigenvalue weighted by Crippen LogP contribution is 2.26. The molecular formula is C59H107NO10. The first-order valence-corrected chi connectivity index (χ1v) is 28.9. The largest absolute Gasteiger partial charge is 0.454 e. The van der Waals surface area contributed by atoms with Crippen molar-refractivity contribution in [1.82, 2.24) is 5.32 Å². The van der Waals surface area contributed by atoms with E-state index in [0.29, 0.717) is 12.8 Å². The predicted molar refractivity (Wildman–Crippen MR) is 287 cm³/mol. The summed E-state index contributed by atoms with van der Waals surface area (Å²) >= 11 is 0. The summed E-state index contributed by atoms with van der Waals surface area (Å²) in [6.45, 7) is 5.73. The summed E-state index contributed by atoms with van der Waals surface area (Å²) < 4.78 is 17.6. The van der Waals surface area contributed by atoms with Gasteiger partial charge in [-0.2, -0.15) is 0 Å². The SMILES string of the molecule is CCCCC/C=C\C/C=C\C/C=C\CCCCCC(O)C(=O)NC(COC1OC(CO)C(O)C(O)C1OC(=O)CCCCCCCCCCCCCCCC)C(O)/C=C/CCCCCCCCCCC. The van der Waals surface area contributed by atoms with Gasteiger partial charge < -0.3 is 45.1 Å². The molecule has 0 radical (unpaired) electrons. The second-order valence-corrected chi connectivity index (χ2v) is 20.0. The van der Waals surface area contributed by atoms with Gasteiger partial charge in [0, 0.05) is 6.42 Å². The van der Waals surface area contributed by atoms with E-state index in [1.807, 2.05) is 6.08 Å². The van der Waals surface area contributed by atoms with E-state index >= 15 is 0 Å². The fourth-order valence-electron chi connectivity index (χ4n) is 8.83. The van der Waals surface area contributed by atoms with E-state index in [1.165, 1.54) is 128 Å². The fourth-order valence-corrected chi connectivity index (χ4v) is 8.83. The standard InChI is InChI=1S/C59H107NO10/c1-4-7-10-13-16-19-22-24-26-27-28-31-34-37-40-43-46-52(63)58(67)60-50(51(62)45-42-39-36-33-30-21-18-15-12-9-6-3)49-68-59-57(56(66)55(65)53(48-61)69-59)70-54(64)47-44-41-38-35-32-29-25-23-20-17-14-11-8-5-2/h16,19,24,26,28,31,42,45,50-53,55-57,59,61-63,65-66H,4-15,17-18,20-23,25,27,29-30,32-41,43-44,46-49H2,1-3H3,(H,60,67)/b19-16-,26-24-,31-28-,45-42+. The highest BCUT2D eigenvalue weighted by atomic mass is 16.7. The minimum atomic E-state index is -1.61. The van der Waals surface area contributed by atoms with Crippen LogP contribution in [-0.2, 0) is 23.8 Å². The lowest BCUT2D eigenvalue weighted by Crippen LogP contribution is -2.61. The average molecular weight is 991 g/mol. The number of aliphatic hydroxyl groups excluding tert-OH is 5. The summed E-state index contributed by atoms with van der Waals surface area (Å²) in [5.74, 6) is -1.21. The molecule has 70 heavy (non-hydrogen) atoms. The Hall–Kier alpha value is -2.38. The van der Waals surface area contributed by atoms with Gasteiger partial charge in [-0.25, -0.2) is 0 Å². The van der Waals surface area contributed by atoms with Crippen LogP contribution in [0.2, 0.25) is 0 Å². The fraction of sp³-hybridized carbons (Fsp3) is 0.831. The van der Waals surface area contributed by atoms with Crippen LogP contribution in [0.1, 0.15) is 252 Å². The average Bonchev–Trinajstić information content (AvgIpc) is 3.36. The van der Waals surface area contributed by atoms with Crippen LogP contribution < -0.4 is 5.32 Å². The predicted octanol–water partition coefficient (Wildman–Crippen LogP) is 12.9. The molecule has 0 aliphatic carbocycles. The zero-order valence-electron chi connectivity index (χ0n) is 44.9. The summed E-state index contributed by atoms with van der Waals surface area (Å²) in [7, 11) is 0. The Morgan fingerprint density at radius 3 is 1.50 bits per heavy atom. The van der Waals surface area contributed by atoms with E-state index in [9.17, 15) is 35.1 Å².